The highest BCUT2D eigenvalue weighted by molar-refractivity contribution is 6.30. The number of nitrogens with two attached hydrogens (primary N) is 1. The van der Waals surface area contributed by atoms with Crippen molar-refractivity contribution in [2.45, 2.75) is 31.8 Å². The van der Waals surface area contributed by atoms with Crippen LogP contribution in [0.5, 0.6) is 0 Å². The molecule has 10 nitrogen and oxygen atoms in total. The number of aryl methyl sites for hydroxylation is 1. The minimum absolute atomic E-state index is 0.247. The highest BCUT2D eigenvalue weighted by Crippen LogP contribution is 2.35. The molecule has 11 heteroatoms. The molecular formula is C26H30ClN7O3. The second-order valence-corrected chi connectivity index (χ2v) is 9.61. The van der Waals surface area contributed by atoms with Crippen molar-refractivity contribution in [3.8, 4) is 0 Å². The number of urea groups is 1. The van der Waals surface area contributed by atoms with Crippen LogP contribution >= 0.6 is 11.6 Å². The molecule has 2 aromatic heterocycles. The monoisotopic (exact) mass is 523 g/mol. The molecule has 3 aromatic rings. The third-order valence-electron chi connectivity index (χ3n) is 6.74. The Balaban J connectivity index is 1.64. The van der Waals surface area contributed by atoms with Crippen LogP contribution in [0.1, 0.15) is 30.5 Å². The Hall–Kier alpha value is -3.92. The predicted octanol–water partition coefficient (Wildman–Crippen LogP) is 3.29. The van der Waals surface area contributed by atoms with Crippen LogP contribution in [0.3, 0.4) is 0 Å². The second kappa shape index (κ2) is 10.6. The number of β-lactam (4-membered cyclic amide) rings is 1. The quantitative estimate of drug-likeness (QED) is 0.475. The Morgan fingerprint density at radius 3 is 2.57 bits per heavy atom. The molecule has 4 rings (SSSR count). The van der Waals surface area contributed by atoms with Gasteiger partial charge in [0.2, 0.25) is 5.91 Å². The SMILES string of the molecule is CC[C@H](c1cccc(Cl)c1)N(C)C(=O)N1C(=O)[C@H](Cc2ccnc(N)c2)[C@H]1C(=O)N(C)c1ccn(C)n1. The third kappa shape index (κ3) is 5.15. The summed E-state index contributed by atoms with van der Waals surface area (Å²) in [5.74, 6) is -0.810. The normalized spacial score (nSPS) is 17.8. The van der Waals surface area contributed by atoms with E-state index >= 15 is 0 Å². The van der Waals surface area contributed by atoms with Crippen molar-refractivity contribution in [3.05, 3.63) is 71.0 Å². The molecule has 3 atom stereocenters. The van der Waals surface area contributed by atoms with Gasteiger partial charge in [-0.2, -0.15) is 5.10 Å². The van der Waals surface area contributed by atoms with Gasteiger partial charge < -0.3 is 10.6 Å². The van der Waals surface area contributed by atoms with Gasteiger partial charge in [0.15, 0.2) is 5.82 Å². The van der Waals surface area contributed by atoms with Crippen LogP contribution in [-0.2, 0) is 23.1 Å². The van der Waals surface area contributed by atoms with Gasteiger partial charge in [-0.3, -0.25) is 24.1 Å². The van der Waals surface area contributed by atoms with E-state index in [0.717, 1.165) is 16.0 Å². The van der Waals surface area contributed by atoms with E-state index in [1.54, 1.807) is 68.6 Å². The van der Waals surface area contributed by atoms with Crippen molar-refractivity contribution >= 4 is 41.1 Å². The zero-order valence-electron chi connectivity index (χ0n) is 21.2. The number of likely N-dealkylation sites (N-methyl/N-ethyl adjacent to an activating group) is 1. The molecule has 0 spiro atoms. The summed E-state index contributed by atoms with van der Waals surface area (Å²) in [5, 5.41) is 4.85. The summed E-state index contributed by atoms with van der Waals surface area (Å²) in [6.07, 6.45) is 4.11. The number of hydrogen-bond acceptors (Lipinski definition) is 6. The summed E-state index contributed by atoms with van der Waals surface area (Å²) in [6, 6.07) is 10.5. The van der Waals surface area contributed by atoms with Crippen molar-refractivity contribution in [1.82, 2.24) is 24.6 Å². The number of likely N-dealkylation sites (tertiary alicyclic amines) is 1. The fraction of sp³-hybridized carbons (Fsp3) is 0.346. The molecule has 1 aromatic carbocycles. The maximum atomic E-state index is 13.7. The Bertz CT molecular complexity index is 1330. The van der Waals surface area contributed by atoms with Gasteiger partial charge in [-0.15, -0.1) is 0 Å². The molecule has 1 aliphatic heterocycles. The van der Waals surface area contributed by atoms with Crippen LogP contribution in [-0.4, -0.2) is 62.5 Å². The molecule has 3 heterocycles. The van der Waals surface area contributed by atoms with Gasteiger partial charge in [0.1, 0.15) is 11.9 Å². The smallest absolute Gasteiger partial charge is 0.327 e. The van der Waals surface area contributed by atoms with Gasteiger partial charge in [0, 0.05) is 44.6 Å². The van der Waals surface area contributed by atoms with Crippen LogP contribution in [0.25, 0.3) is 0 Å². The Kier molecular flexibility index (Phi) is 7.49. The second-order valence-electron chi connectivity index (χ2n) is 9.17. The number of aromatic nitrogens is 3. The van der Waals surface area contributed by atoms with Gasteiger partial charge in [-0.05, 0) is 48.2 Å². The first-order valence-corrected chi connectivity index (χ1v) is 12.3. The average Bonchev–Trinajstić information content (AvgIpc) is 3.31. The summed E-state index contributed by atoms with van der Waals surface area (Å²) in [5.41, 5.74) is 7.42. The highest BCUT2D eigenvalue weighted by atomic mass is 35.5. The maximum Gasteiger partial charge on any atom is 0.327 e. The molecule has 0 unspecified atom stereocenters. The standard InChI is InChI=1S/C26H30ClN7O3/c1-5-20(17-7-6-8-18(27)15-17)32(3)26(37)34-23(25(36)33(4)22-10-12-31(2)30-22)19(24(34)35)13-16-9-11-29-21(28)14-16/h6-12,14-15,19-20,23H,5,13H2,1-4H3,(H2,28,29)/t19-,20-,23+/m1/s1. The average molecular weight is 524 g/mol. The maximum absolute atomic E-state index is 13.7. The zero-order valence-corrected chi connectivity index (χ0v) is 22.0. The zero-order chi connectivity index (χ0) is 26.9. The molecule has 194 valence electrons. The minimum Gasteiger partial charge on any atom is -0.384 e. The lowest BCUT2D eigenvalue weighted by Crippen LogP contribution is -2.70. The van der Waals surface area contributed by atoms with Crippen LogP contribution in [0.2, 0.25) is 5.02 Å². The molecule has 1 fully saturated rings. The number of benzene rings is 1. The van der Waals surface area contributed by atoms with Gasteiger partial charge in [-0.1, -0.05) is 30.7 Å². The van der Waals surface area contributed by atoms with Gasteiger partial charge >= 0.3 is 6.03 Å². The van der Waals surface area contributed by atoms with Crippen molar-refractivity contribution in [3.63, 3.8) is 0 Å². The number of rotatable bonds is 7. The summed E-state index contributed by atoms with van der Waals surface area (Å²) in [4.78, 5) is 48.7. The van der Waals surface area contributed by atoms with Crippen LogP contribution in [0.15, 0.2) is 54.9 Å². The van der Waals surface area contributed by atoms with E-state index in [2.05, 4.69) is 10.1 Å². The van der Waals surface area contributed by atoms with Crippen molar-refractivity contribution in [2.75, 3.05) is 24.7 Å². The van der Waals surface area contributed by atoms with E-state index < -0.39 is 29.8 Å². The number of amides is 4. The van der Waals surface area contributed by atoms with Crippen LogP contribution < -0.4 is 10.6 Å². The number of pyridine rings is 1. The lowest BCUT2D eigenvalue weighted by atomic mass is 9.81. The summed E-state index contributed by atoms with van der Waals surface area (Å²) in [6.45, 7) is 1.95. The summed E-state index contributed by atoms with van der Waals surface area (Å²) in [7, 11) is 4.96. The Labute approximate surface area is 220 Å². The van der Waals surface area contributed by atoms with E-state index in [4.69, 9.17) is 17.3 Å². The fourth-order valence-electron chi connectivity index (χ4n) is 4.76. The lowest BCUT2D eigenvalue weighted by Gasteiger charge is -2.47. The van der Waals surface area contributed by atoms with Crippen molar-refractivity contribution < 1.29 is 14.4 Å². The number of nitrogen functional groups attached to an aromatic ring is 1. The highest BCUT2D eigenvalue weighted by Gasteiger charge is 2.56. The predicted molar refractivity (Wildman–Crippen MR) is 141 cm³/mol. The van der Waals surface area contributed by atoms with Gasteiger partial charge in [0.25, 0.3) is 5.91 Å². The minimum atomic E-state index is -0.999. The summed E-state index contributed by atoms with van der Waals surface area (Å²) >= 11 is 6.18. The number of imide groups is 1. The molecule has 4 amide bonds. The van der Waals surface area contributed by atoms with Crippen LogP contribution in [0, 0.1) is 5.92 Å². The topological polar surface area (TPSA) is 118 Å². The fourth-order valence-corrected chi connectivity index (χ4v) is 4.96. The molecular weight excluding hydrogens is 494 g/mol. The molecule has 0 bridgehead atoms. The van der Waals surface area contributed by atoms with E-state index in [0.29, 0.717) is 23.1 Å². The summed E-state index contributed by atoms with van der Waals surface area (Å²) < 4.78 is 1.58. The van der Waals surface area contributed by atoms with Gasteiger partial charge in [-0.25, -0.2) is 9.78 Å². The van der Waals surface area contributed by atoms with E-state index in [1.807, 2.05) is 19.1 Å². The first-order chi connectivity index (χ1) is 17.6. The number of halogens is 1. The first-order valence-electron chi connectivity index (χ1n) is 11.9. The Morgan fingerprint density at radius 2 is 1.95 bits per heavy atom. The molecule has 0 saturated carbocycles. The number of hydrogen-bond donors (Lipinski definition) is 1. The van der Waals surface area contributed by atoms with E-state index in [-0.39, 0.29) is 12.5 Å². The van der Waals surface area contributed by atoms with Crippen LogP contribution in [0.4, 0.5) is 16.4 Å². The molecule has 0 aliphatic carbocycles. The van der Waals surface area contributed by atoms with Crippen molar-refractivity contribution in [1.29, 1.82) is 0 Å². The number of anilines is 2. The molecule has 37 heavy (non-hydrogen) atoms. The third-order valence-corrected chi connectivity index (χ3v) is 6.97. The largest absolute Gasteiger partial charge is 0.384 e. The van der Waals surface area contributed by atoms with Gasteiger partial charge in [0.05, 0.1) is 12.0 Å². The molecule has 1 saturated heterocycles. The van der Waals surface area contributed by atoms with E-state index in [9.17, 15) is 14.4 Å². The number of carbonyl (C=O) groups excluding carboxylic acids is 3. The number of nitrogens with zero attached hydrogens (tertiary/aromatic N) is 6. The molecule has 0 radical (unpaired) electrons. The first kappa shape index (κ1) is 26.2. The van der Waals surface area contributed by atoms with E-state index in [1.165, 1.54) is 9.80 Å². The van der Waals surface area contributed by atoms with Crippen molar-refractivity contribution in [2.24, 2.45) is 13.0 Å². The lowest BCUT2D eigenvalue weighted by molar-refractivity contribution is -0.157. The molecule has 2 N–H and O–H groups in total. The Morgan fingerprint density at radius 1 is 1.19 bits per heavy atom. The number of carbonyl (C=O) groups is 3. The molecule has 1 aliphatic rings.